The quantitative estimate of drug-likeness (QED) is 0.328. The van der Waals surface area contributed by atoms with Gasteiger partial charge < -0.3 is 9.64 Å². The highest BCUT2D eigenvalue weighted by atomic mass is 16.5. The number of nitrogens with zero attached hydrogens (tertiary/aromatic N) is 3. The molecule has 1 fully saturated rings. The Kier molecular flexibility index (Phi) is 5.29. The normalized spacial score (nSPS) is 20.9. The van der Waals surface area contributed by atoms with Gasteiger partial charge in [-0.1, -0.05) is 91.0 Å². The van der Waals surface area contributed by atoms with E-state index in [1.54, 1.807) is 19.2 Å². The summed E-state index contributed by atoms with van der Waals surface area (Å²) in [5, 5.41) is 23.4. The molecule has 0 aromatic heterocycles. The minimum atomic E-state index is -1.51. The maximum Gasteiger partial charge on any atom is 0.185 e. The molecule has 4 aromatic carbocycles. The van der Waals surface area contributed by atoms with Gasteiger partial charge in [-0.25, -0.2) is 0 Å². The van der Waals surface area contributed by atoms with Crippen LogP contribution in [0.1, 0.15) is 27.4 Å². The molecule has 2 aliphatic heterocycles. The van der Waals surface area contributed by atoms with Crippen LogP contribution in [0.4, 0.5) is 5.69 Å². The summed E-state index contributed by atoms with van der Waals surface area (Å²) >= 11 is 0. The number of hydrogen-bond acceptors (Lipinski definition) is 5. The highest BCUT2D eigenvalue weighted by molar-refractivity contribution is 6.08. The van der Waals surface area contributed by atoms with Gasteiger partial charge in [-0.05, 0) is 28.6 Å². The van der Waals surface area contributed by atoms with Crippen LogP contribution in [0.25, 0.3) is 16.8 Å². The van der Waals surface area contributed by atoms with Crippen molar-refractivity contribution in [2.24, 2.45) is 5.41 Å². The summed E-state index contributed by atoms with van der Waals surface area (Å²) in [7, 11) is 1.58. The molecule has 5 heteroatoms. The molecule has 0 aliphatic carbocycles. The van der Waals surface area contributed by atoms with Gasteiger partial charge in [-0.2, -0.15) is 10.5 Å². The van der Waals surface area contributed by atoms with Crippen LogP contribution in [0.5, 0.6) is 5.75 Å². The van der Waals surface area contributed by atoms with E-state index in [2.05, 4.69) is 18.2 Å². The van der Waals surface area contributed by atoms with Gasteiger partial charge >= 0.3 is 0 Å². The number of methoxy groups -OCH3 is 1. The fourth-order valence-corrected chi connectivity index (χ4v) is 6.03. The summed E-state index contributed by atoms with van der Waals surface area (Å²) in [6.07, 6.45) is 3.89. The van der Waals surface area contributed by atoms with Crippen molar-refractivity contribution in [3.8, 4) is 17.9 Å². The van der Waals surface area contributed by atoms with Crippen LogP contribution < -0.4 is 9.64 Å². The van der Waals surface area contributed by atoms with Crippen molar-refractivity contribution < 1.29 is 9.53 Å². The highest BCUT2D eigenvalue weighted by Gasteiger charge is 2.63. The fourth-order valence-electron chi connectivity index (χ4n) is 6.03. The van der Waals surface area contributed by atoms with E-state index in [9.17, 15) is 15.3 Å². The Balaban J connectivity index is 1.68. The third-order valence-electron chi connectivity index (χ3n) is 7.67. The van der Waals surface area contributed by atoms with Gasteiger partial charge in [-0.15, -0.1) is 0 Å². The van der Waals surface area contributed by atoms with Crippen molar-refractivity contribution in [1.29, 1.82) is 10.5 Å². The molecule has 2 heterocycles. The third-order valence-corrected chi connectivity index (χ3v) is 7.67. The molecule has 178 valence electrons. The topological polar surface area (TPSA) is 77.1 Å². The van der Waals surface area contributed by atoms with Crippen LogP contribution in [0, 0.1) is 28.1 Å². The number of carbonyl (C=O) groups is 1. The van der Waals surface area contributed by atoms with Gasteiger partial charge in [0, 0.05) is 16.9 Å². The number of nitriles is 2. The summed E-state index contributed by atoms with van der Waals surface area (Å²) in [5.41, 5.74) is 1.59. The number of anilines is 1. The van der Waals surface area contributed by atoms with E-state index in [0.717, 1.165) is 27.6 Å². The van der Waals surface area contributed by atoms with E-state index in [1.165, 1.54) is 0 Å². The number of ketones is 1. The summed E-state index contributed by atoms with van der Waals surface area (Å²) < 4.78 is 5.48. The lowest BCUT2D eigenvalue weighted by Crippen LogP contribution is -2.44. The Morgan fingerprint density at radius 2 is 1.68 bits per heavy atom. The maximum absolute atomic E-state index is 14.4. The van der Waals surface area contributed by atoms with Gasteiger partial charge in [0.15, 0.2) is 11.2 Å². The number of carbonyl (C=O) groups excluding carboxylic acids is 1. The molecule has 6 rings (SSSR count). The molecular formula is C32H23N3O2. The molecule has 0 N–H and O–H groups in total. The molecule has 0 unspecified atom stereocenters. The Bertz CT molecular complexity index is 1630. The molecule has 0 spiro atoms. The number of fused-ring (bicyclic) bond motifs is 5. The molecule has 37 heavy (non-hydrogen) atoms. The number of benzene rings is 4. The van der Waals surface area contributed by atoms with Gasteiger partial charge in [0.05, 0.1) is 31.0 Å². The average molecular weight is 482 g/mol. The van der Waals surface area contributed by atoms with Gasteiger partial charge in [0.25, 0.3) is 0 Å². The molecular weight excluding hydrogens is 458 g/mol. The van der Waals surface area contributed by atoms with Crippen molar-refractivity contribution in [1.82, 2.24) is 0 Å². The molecule has 0 amide bonds. The molecule has 0 bridgehead atoms. The first kappa shape index (κ1) is 22.6. The van der Waals surface area contributed by atoms with Crippen molar-refractivity contribution in [2.75, 3.05) is 12.0 Å². The SMILES string of the molecule is COc1cccc([C@@H]2[C@@H](C(=O)c3ccccc3)N3c4c(ccc5ccccc45)C=C[C@@H]3C2(C#N)C#N)c1. The van der Waals surface area contributed by atoms with E-state index < -0.39 is 23.4 Å². The third kappa shape index (κ3) is 3.25. The van der Waals surface area contributed by atoms with Crippen molar-refractivity contribution in [3.05, 3.63) is 114 Å². The Labute approximate surface area is 215 Å². The zero-order valence-corrected chi connectivity index (χ0v) is 20.2. The lowest BCUT2D eigenvalue weighted by Gasteiger charge is -2.36. The molecule has 0 saturated carbocycles. The summed E-state index contributed by atoms with van der Waals surface area (Å²) in [6, 6.07) is 32.0. The first-order valence-corrected chi connectivity index (χ1v) is 12.2. The Morgan fingerprint density at radius 3 is 2.43 bits per heavy atom. The van der Waals surface area contributed by atoms with Gasteiger partial charge in [0.2, 0.25) is 0 Å². The zero-order chi connectivity index (χ0) is 25.6. The second-order valence-corrected chi connectivity index (χ2v) is 9.46. The molecule has 1 saturated heterocycles. The summed E-state index contributed by atoms with van der Waals surface area (Å²) in [4.78, 5) is 16.4. The first-order valence-electron chi connectivity index (χ1n) is 12.2. The molecule has 0 radical (unpaired) electrons. The van der Waals surface area contributed by atoms with Crippen molar-refractivity contribution >= 4 is 28.3 Å². The molecule has 3 atom stereocenters. The van der Waals surface area contributed by atoms with E-state index in [4.69, 9.17) is 4.74 Å². The highest BCUT2D eigenvalue weighted by Crippen LogP contribution is 2.56. The number of ether oxygens (including phenoxy) is 1. The van der Waals surface area contributed by atoms with E-state index in [0.29, 0.717) is 11.3 Å². The molecule has 5 nitrogen and oxygen atoms in total. The van der Waals surface area contributed by atoms with E-state index in [1.807, 2.05) is 89.8 Å². The lowest BCUT2D eigenvalue weighted by atomic mass is 9.69. The minimum Gasteiger partial charge on any atom is -0.497 e. The van der Waals surface area contributed by atoms with Gasteiger partial charge in [-0.3, -0.25) is 4.79 Å². The maximum atomic E-state index is 14.4. The minimum absolute atomic E-state index is 0.125. The van der Waals surface area contributed by atoms with Crippen LogP contribution in [0.2, 0.25) is 0 Å². The first-order chi connectivity index (χ1) is 18.1. The second-order valence-electron chi connectivity index (χ2n) is 9.46. The second kappa shape index (κ2) is 8.66. The van der Waals surface area contributed by atoms with E-state index in [-0.39, 0.29) is 5.78 Å². The van der Waals surface area contributed by atoms with Crippen molar-refractivity contribution in [3.63, 3.8) is 0 Å². The van der Waals surface area contributed by atoms with Crippen LogP contribution in [-0.2, 0) is 0 Å². The predicted molar refractivity (Wildman–Crippen MR) is 143 cm³/mol. The molecule has 4 aromatic rings. The lowest BCUT2D eigenvalue weighted by molar-refractivity contribution is 0.0951. The van der Waals surface area contributed by atoms with Crippen molar-refractivity contribution in [2.45, 2.75) is 18.0 Å². The number of hydrogen-bond donors (Lipinski definition) is 0. The zero-order valence-electron chi connectivity index (χ0n) is 20.2. The van der Waals surface area contributed by atoms with Crippen LogP contribution in [0.3, 0.4) is 0 Å². The van der Waals surface area contributed by atoms with E-state index >= 15 is 0 Å². The Morgan fingerprint density at radius 1 is 0.919 bits per heavy atom. The Hall–Kier alpha value is -4.87. The standard InChI is InChI=1S/C32H23N3O2/c1-37-25-12-7-11-24(18-25)28-30(31(36)23-9-3-2-4-10-23)35-27(32(28,19-33)20-34)17-16-22-15-14-21-8-5-6-13-26(21)29(22)35/h2-18,27-28,30H,1H3/t27-,28-,30+/m1/s1. The van der Waals surface area contributed by atoms with Crippen LogP contribution in [0.15, 0.2) is 97.1 Å². The summed E-state index contributed by atoms with van der Waals surface area (Å²) in [6.45, 7) is 0. The largest absolute Gasteiger partial charge is 0.497 e. The monoisotopic (exact) mass is 481 g/mol. The summed E-state index contributed by atoms with van der Waals surface area (Å²) in [5.74, 6) is -0.232. The average Bonchev–Trinajstić information content (AvgIpc) is 3.27. The smallest absolute Gasteiger partial charge is 0.185 e. The number of Topliss-reactive ketones (excluding diaryl/α,β-unsaturated/α-hetero) is 1. The van der Waals surface area contributed by atoms with Gasteiger partial charge in [0.1, 0.15) is 11.8 Å². The molecule has 2 aliphatic rings. The fraction of sp³-hybridized carbons (Fsp3) is 0.156. The predicted octanol–water partition coefficient (Wildman–Crippen LogP) is 6.13. The number of rotatable bonds is 4. The van der Waals surface area contributed by atoms with Crippen LogP contribution in [-0.4, -0.2) is 25.0 Å². The van der Waals surface area contributed by atoms with Crippen LogP contribution >= 0.6 is 0 Å².